The third-order valence-corrected chi connectivity index (χ3v) is 3.38. The molecule has 17 heavy (non-hydrogen) atoms. The highest BCUT2D eigenvalue weighted by Crippen LogP contribution is 2.40. The van der Waals surface area contributed by atoms with E-state index >= 15 is 0 Å². The maximum absolute atomic E-state index is 11.5. The van der Waals surface area contributed by atoms with Gasteiger partial charge in [-0.15, -0.1) is 0 Å². The SMILES string of the molecule is CC(=O)CCOCP(=O)(O)COCCN(C)I. The number of rotatable bonds is 10. The fraction of sp³-hybridized carbons (Fsp3) is 0.889. The maximum Gasteiger partial charge on any atom is 0.250 e. The molecule has 0 radical (unpaired) electrons. The van der Waals surface area contributed by atoms with Gasteiger partial charge < -0.3 is 14.4 Å². The van der Waals surface area contributed by atoms with E-state index in [1.807, 2.05) is 10.2 Å². The molecule has 0 amide bonds. The topological polar surface area (TPSA) is 76.1 Å². The summed E-state index contributed by atoms with van der Waals surface area (Å²) in [7, 11) is -1.51. The third-order valence-electron chi connectivity index (χ3n) is 1.73. The summed E-state index contributed by atoms with van der Waals surface area (Å²) < 4.78 is 23.4. The molecule has 0 aliphatic carbocycles. The molecule has 0 spiro atoms. The highest BCUT2D eigenvalue weighted by molar-refractivity contribution is 14.1. The molecule has 0 bridgehead atoms. The Hall–Kier alpha value is 0.470. The largest absolute Gasteiger partial charge is 0.371 e. The van der Waals surface area contributed by atoms with Crippen molar-refractivity contribution in [1.82, 2.24) is 3.11 Å². The molecule has 1 N–H and O–H groups in total. The Morgan fingerprint density at radius 1 is 1.35 bits per heavy atom. The number of nitrogens with zero attached hydrogens (tertiary/aromatic N) is 1. The number of carbonyl (C=O) groups excluding carboxylic acids is 1. The maximum atomic E-state index is 11.5. The number of likely N-dealkylation sites (N-methyl/N-ethyl adjacent to an activating group) is 1. The van der Waals surface area contributed by atoms with Crippen molar-refractivity contribution in [2.24, 2.45) is 0 Å². The molecule has 0 heterocycles. The first-order chi connectivity index (χ1) is 7.83. The second kappa shape index (κ2) is 9.41. The van der Waals surface area contributed by atoms with Crippen molar-refractivity contribution in [3.63, 3.8) is 0 Å². The van der Waals surface area contributed by atoms with Gasteiger partial charge in [0, 0.05) is 35.8 Å². The van der Waals surface area contributed by atoms with Crippen LogP contribution in [0, 0.1) is 0 Å². The van der Waals surface area contributed by atoms with Crippen molar-refractivity contribution in [2.75, 3.05) is 39.5 Å². The van der Waals surface area contributed by atoms with Crippen LogP contribution in [0.25, 0.3) is 0 Å². The van der Waals surface area contributed by atoms with E-state index in [2.05, 4.69) is 22.9 Å². The molecule has 0 aromatic carbocycles. The molecule has 0 fully saturated rings. The lowest BCUT2D eigenvalue weighted by Crippen LogP contribution is -2.13. The molecular formula is C9H19INO5P. The van der Waals surface area contributed by atoms with Gasteiger partial charge in [-0.05, 0) is 14.0 Å². The molecule has 6 nitrogen and oxygen atoms in total. The van der Waals surface area contributed by atoms with Crippen molar-refractivity contribution >= 4 is 36.0 Å². The minimum absolute atomic E-state index is 0.000829. The van der Waals surface area contributed by atoms with Gasteiger partial charge in [-0.3, -0.25) is 9.36 Å². The van der Waals surface area contributed by atoms with E-state index in [-0.39, 0.29) is 31.5 Å². The van der Waals surface area contributed by atoms with Gasteiger partial charge in [0.05, 0.1) is 13.2 Å². The van der Waals surface area contributed by atoms with Crippen LogP contribution >= 0.6 is 30.2 Å². The van der Waals surface area contributed by atoms with E-state index in [1.54, 1.807) is 0 Å². The zero-order chi connectivity index (χ0) is 13.3. The van der Waals surface area contributed by atoms with Crippen LogP contribution in [0.5, 0.6) is 0 Å². The standard InChI is InChI=1S/C9H19INO5P/c1-9(12)3-5-15-7-17(13,14)8-16-6-4-11(2)10/h3-8H2,1-2H3,(H,13,14). The molecule has 8 heteroatoms. The number of halogens is 1. The zero-order valence-electron chi connectivity index (χ0n) is 10.1. The monoisotopic (exact) mass is 379 g/mol. The van der Waals surface area contributed by atoms with Crippen LogP contribution in [0.4, 0.5) is 0 Å². The Labute approximate surface area is 116 Å². The van der Waals surface area contributed by atoms with Crippen LogP contribution in [0.15, 0.2) is 0 Å². The summed E-state index contributed by atoms with van der Waals surface area (Å²) >= 11 is 2.10. The van der Waals surface area contributed by atoms with Crippen LogP contribution in [-0.2, 0) is 18.8 Å². The van der Waals surface area contributed by atoms with Crippen molar-refractivity contribution in [3.05, 3.63) is 0 Å². The Kier molecular flexibility index (Phi) is 9.67. The highest BCUT2D eigenvalue weighted by atomic mass is 127. The smallest absolute Gasteiger partial charge is 0.250 e. The Balaban J connectivity index is 3.58. The minimum Gasteiger partial charge on any atom is -0.371 e. The second-order valence-corrected chi connectivity index (χ2v) is 7.56. The fourth-order valence-electron chi connectivity index (χ4n) is 0.858. The molecule has 0 saturated heterocycles. The van der Waals surface area contributed by atoms with Crippen molar-refractivity contribution in [1.29, 1.82) is 0 Å². The predicted octanol–water partition coefficient (Wildman–Crippen LogP) is 1.47. The Morgan fingerprint density at radius 2 is 1.88 bits per heavy atom. The van der Waals surface area contributed by atoms with E-state index in [0.29, 0.717) is 13.2 Å². The van der Waals surface area contributed by atoms with E-state index < -0.39 is 7.37 Å². The molecule has 0 saturated carbocycles. The fourth-order valence-corrected chi connectivity index (χ4v) is 1.96. The molecule has 0 aliphatic rings. The summed E-state index contributed by atoms with van der Waals surface area (Å²) in [5.74, 6) is -0.000829. The molecule has 0 aromatic heterocycles. The lowest BCUT2D eigenvalue weighted by atomic mass is 10.3. The number of hydrogen-bond donors (Lipinski definition) is 1. The van der Waals surface area contributed by atoms with Crippen LogP contribution in [-0.4, -0.2) is 53.3 Å². The van der Waals surface area contributed by atoms with E-state index in [4.69, 9.17) is 9.47 Å². The number of carbonyl (C=O) groups is 1. The van der Waals surface area contributed by atoms with Gasteiger partial charge in [-0.1, -0.05) is 0 Å². The number of Topliss-reactive ketones (excluding diaryl/α,β-unsaturated/α-hetero) is 1. The van der Waals surface area contributed by atoms with Crippen molar-refractivity contribution in [2.45, 2.75) is 13.3 Å². The van der Waals surface area contributed by atoms with Gasteiger partial charge in [0.25, 0.3) is 0 Å². The molecule has 0 aromatic rings. The average Bonchev–Trinajstić information content (AvgIpc) is 2.19. The molecule has 1 unspecified atom stereocenters. The lowest BCUT2D eigenvalue weighted by molar-refractivity contribution is -0.117. The predicted molar refractivity (Wildman–Crippen MR) is 73.4 cm³/mol. The number of hydrogen-bond acceptors (Lipinski definition) is 5. The average molecular weight is 379 g/mol. The summed E-state index contributed by atoms with van der Waals surface area (Å²) in [6.07, 6.45) is -0.210. The lowest BCUT2D eigenvalue weighted by Gasteiger charge is -2.13. The van der Waals surface area contributed by atoms with Crippen molar-refractivity contribution < 1.29 is 23.7 Å². The Morgan fingerprint density at radius 3 is 2.35 bits per heavy atom. The van der Waals surface area contributed by atoms with Crippen LogP contribution in [0.1, 0.15) is 13.3 Å². The summed E-state index contributed by atoms with van der Waals surface area (Å²) in [6, 6.07) is 0. The third kappa shape index (κ3) is 12.7. The van der Waals surface area contributed by atoms with E-state index in [1.165, 1.54) is 6.92 Å². The van der Waals surface area contributed by atoms with Crippen LogP contribution in [0.3, 0.4) is 0 Å². The van der Waals surface area contributed by atoms with Crippen LogP contribution < -0.4 is 0 Å². The summed E-state index contributed by atoms with van der Waals surface area (Å²) in [5.41, 5.74) is 0. The highest BCUT2D eigenvalue weighted by Gasteiger charge is 2.18. The molecule has 0 rings (SSSR count). The van der Waals surface area contributed by atoms with Gasteiger partial charge in [-0.2, -0.15) is 0 Å². The van der Waals surface area contributed by atoms with E-state index in [0.717, 1.165) is 0 Å². The molecule has 102 valence electrons. The first-order valence-electron chi connectivity index (χ1n) is 5.16. The van der Waals surface area contributed by atoms with Crippen molar-refractivity contribution in [3.8, 4) is 0 Å². The summed E-state index contributed by atoms with van der Waals surface area (Å²) in [5, 5.41) is 0. The first-order valence-corrected chi connectivity index (χ1v) is 8.15. The number of ether oxygens (including phenoxy) is 2. The van der Waals surface area contributed by atoms with Crippen LogP contribution in [0.2, 0.25) is 0 Å². The molecular weight excluding hydrogens is 360 g/mol. The van der Waals surface area contributed by atoms with Gasteiger partial charge in [0.15, 0.2) is 0 Å². The minimum atomic E-state index is -3.39. The normalized spacial score (nSPS) is 14.9. The first kappa shape index (κ1) is 17.5. The summed E-state index contributed by atoms with van der Waals surface area (Å²) in [4.78, 5) is 20.1. The zero-order valence-corrected chi connectivity index (χ0v) is 13.1. The quantitative estimate of drug-likeness (QED) is 0.268. The Bertz CT molecular complexity index is 274. The number of ketones is 1. The van der Waals surface area contributed by atoms with Gasteiger partial charge in [0.2, 0.25) is 7.37 Å². The van der Waals surface area contributed by atoms with Gasteiger partial charge >= 0.3 is 0 Å². The summed E-state index contributed by atoms with van der Waals surface area (Å²) in [6.45, 7) is 2.71. The van der Waals surface area contributed by atoms with Gasteiger partial charge in [-0.25, -0.2) is 3.11 Å². The second-order valence-electron chi connectivity index (χ2n) is 3.70. The van der Waals surface area contributed by atoms with E-state index in [9.17, 15) is 14.3 Å². The molecule has 1 atom stereocenters. The van der Waals surface area contributed by atoms with Gasteiger partial charge in [0.1, 0.15) is 18.5 Å². The molecule has 0 aliphatic heterocycles.